The second kappa shape index (κ2) is 7.14. The molecule has 3 N–H and O–H groups in total. The smallest absolute Gasteiger partial charge is 0.119 e. The van der Waals surface area contributed by atoms with Crippen molar-refractivity contribution >= 4 is 5.69 Å². The first-order valence-corrected chi connectivity index (χ1v) is 7.73. The Morgan fingerprint density at radius 1 is 1.19 bits per heavy atom. The Morgan fingerprint density at radius 2 is 1.81 bits per heavy atom. The Hall–Kier alpha value is -1.26. The predicted molar refractivity (Wildman–Crippen MR) is 84.3 cm³/mol. The molecule has 0 aromatic heterocycles. The first-order valence-electron chi connectivity index (χ1n) is 7.73. The van der Waals surface area contributed by atoms with Crippen LogP contribution in [-0.2, 0) is 4.74 Å². The fourth-order valence-electron chi connectivity index (χ4n) is 2.59. The molecule has 1 saturated carbocycles. The fourth-order valence-corrected chi connectivity index (χ4v) is 2.59. The molecule has 0 amide bonds. The highest BCUT2D eigenvalue weighted by Crippen LogP contribution is 2.36. The minimum absolute atomic E-state index is 0.238. The van der Waals surface area contributed by atoms with E-state index in [9.17, 15) is 5.11 Å². The van der Waals surface area contributed by atoms with Gasteiger partial charge in [0.15, 0.2) is 0 Å². The lowest BCUT2D eigenvalue weighted by Crippen LogP contribution is -2.31. The summed E-state index contributed by atoms with van der Waals surface area (Å²) in [5.74, 6) is 0.711. The zero-order valence-electron chi connectivity index (χ0n) is 13.0. The van der Waals surface area contributed by atoms with E-state index >= 15 is 0 Å². The van der Waals surface area contributed by atoms with E-state index in [1.807, 2.05) is 0 Å². The molecule has 4 nitrogen and oxygen atoms in total. The maximum absolute atomic E-state index is 9.92. The van der Waals surface area contributed by atoms with Gasteiger partial charge in [0.1, 0.15) is 18.5 Å². The van der Waals surface area contributed by atoms with Crippen LogP contribution in [0.4, 0.5) is 5.69 Å². The first kappa shape index (κ1) is 16.1. The molecular weight excluding hydrogens is 266 g/mol. The molecule has 1 aliphatic carbocycles. The molecule has 0 aliphatic heterocycles. The maximum atomic E-state index is 9.92. The SMILES string of the molecule is CC1(C)CCC(OCC(O)COc2ccc(N)cc2)CC1. The van der Waals surface area contributed by atoms with Crippen LogP contribution < -0.4 is 10.5 Å². The van der Waals surface area contributed by atoms with Gasteiger partial charge in [0.05, 0.1) is 12.7 Å². The number of aliphatic hydroxyl groups excluding tert-OH is 1. The lowest BCUT2D eigenvalue weighted by atomic mass is 9.76. The van der Waals surface area contributed by atoms with Gasteiger partial charge in [-0.15, -0.1) is 0 Å². The number of benzene rings is 1. The van der Waals surface area contributed by atoms with E-state index in [4.69, 9.17) is 15.2 Å². The summed E-state index contributed by atoms with van der Waals surface area (Å²) in [7, 11) is 0. The summed E-state index contributed by atoms with van der Waals surface area (Å²) in [4.78, 5) is 0. The molecule has 118 valence electrons. The van der Waals surface area contributed by atoms with Crippen LogP contribution in [0.25, 0.3) is 0 Å². The van der Waals surface area contributed by atoms with Crippen molar-refractivity contribution in [3.8, 4) is 5.75 Å². The molecule has 1 aromatic carbocycles. The fraction of sp³-hybridized carbons (Fsp3) is 0.647. The number of nitrogens with two attached hydrogens (primary N) is 1. The lowest BCUT2D eigenvalue weighted by molar-refractivity contribution is -0.0474. The third-order valence-corrected chi connectivity index (χ3v) is 4.13. The topological polar surface area (TPSA) is 64.7 Å². The Bertz CT molecular complexity index is 420. The molecule has 1 unspecified atom stereocenters. The van der Waals surface area contributed by atoms with Gasteiger partial charge in [-0.25, -0.2) is 0 Å². The van der Waals surface area contributed by atoms with Crippen LogP contribution in [0.5, 0.6) is 5.75 Å². The Kier molecular flexibility index (Phi) is 5.48. The number of rotatable bonds is 6. The largest absolute Gasteiger partial charge is 0.491 e. The van der Waals surface area contributed by atoms with E-state index in [1.165, 1.54) is 12.8 Å². The summed E-state index contributed by atoms with van der Waals surface area (Å²) >= 11 is 0. The van der Waals surface area contributed by atoms with Crippen molar-refractivity contribution in [3.05, 3.63) is 24.3 Å². The molecule has 0 saturated heterocycles. The Balaban J connectivity index is 1.63. The number of hydrogen-bond donors (Lipinski definition) is 2. The van der Waals surface area contributed by atoms with Crippen molar-refractivity contribution in [2.75, 3.05) is 18.9 Å². The van der Waals surface area contributed by atoms with Crippen LogP contribution in [0.2, 0.25) is 0 Å². The maximum Gasteiger partial charge on any atom is 0.119 e. The quantitative estimate of drug-likeness (QED) is 0.791. The molecule has 2 rings (SSSR count). The number of aliphatic hydroxyl groups is 1. The van der Waals surface area contributed by atoms with Crippen molar-refractivity contribution in [3.63, 3.8) is 0 Å². The Labute approximate surface area is 127 Å². The van der Waals surface area contributed by atoms with Crippen molar-refractivity contribution in [2.24, 2.45) is 5.41 Å². The normalized spacial score (nSPS) is 20.1. The van der Waals surface area contributed by atoms with Crippen molar-refractivity contribution < 1.29 is 14.6 Å². The van der Waals surface area contributed by atoms with Gasteiger partial charge >= 0.3 is 0 Å². The lowest BCUT2D eigenvalue weighted by Gasteiger charge is -2.34. The summed E-state index contributed by atoms with van der Waals surface area (Å²) in [5.41, 5.74) is 6.75. The number of anilines is 1. The average Bonchev–Trinajstić information content (AvgIpc) is 2.45. The summed E-state index contributed by atoms with van der Waals surface area (Å²) < 4.78 is 11.3. The van der Waals surface area contributed by atoms with Gasteiger partial charge in [-0.2, -0.15) is 0 Å². The highest BCUT2D eigenvalue weighted by molar-refractivity contribution is 5.41. The molecule has 1 fully saturated rings. The number of ether oxygens (including phenoxy) is 2. The van der Waals surface area contributed by atoms with Gasteiger partial charge in [-0.3, -0.25) is 0 Å². The molecule has 0 bridgehead atoms. The second-order valence-electron chi connectivity index (χ2n) is 6.73. The van der Waals surface area contributed by atoms with E-state index in [0.29, 0.717) is 23.5 Å². The van der Waals surface area contributed by atoms with Crippen LogP contribution in [0.1, 0.15) is 39.5 Å². The van der Waals surface area contributed by atoms with Gasteiger partial charge < -0.3 is 20.3 Å². The Morgan fingerprint density at radius 3 is 2.43 bits per heavy atom. The van der Waals surface area contributed by atoms with E-state index in [-0.39, 0.29) is 12.7 Å². The molecule has 4 heteroatoms. The van der Waals surface area contributed by atoms with Gasteiger partial charge in [-0.05, 0) is 55.4 Å². The zero-order chi connectivity index (χ0) is 15.3. The number of hydrogen-bond acceptors (Lipinski definition) is 4. The highest BCUT2D eigenvalue weighted by Gasteiger charge is 2.27. The summed E-state index contributed by atoms with van der Waals surface area (Å²) in [6, 6.07) is 7.16. The average molecular weight is 293 g/mol. The van der Waals surface area contributed by atoms with Crippen LogP contribution in [0, 0.1) is 5.41 Å². The van der Waals surface area contributed by atoms with E-state index in [1.54, 1.807) is 24.3 Å². The third kappa shape index (κ3) is 5.56. The van der Waals surface area contributed by atoms with Gasteiger partial charge in [0.25, 0.3) is 0 Å². The molecule has 0 spiro atoms. The highest BCUT2D eigenvalue weighted by atomic mass is 16.5. The standard InChI is InChI=1S/C17H27NO3/c1-17(2)9-7-16(8-10-17)21-12-14(19)11-20-15-5-3-13(18)4-6-15/h3-6,14,16,19H,7-12,18H2,1-2H3. The first-order chi connectivity index (χ1) is 9.94. The molecule has 1 aliphatic rings. The van der Waals surface area contributed by atoms with Crippen molar-refractivity contribution in [2.45, 2.75) is 51.7 Å². The summed E-state index contributed by atoms with van der Waals surface area (Å²) in [5, 5.41) is 9.92. The van der Waals surface area contributed by atoms with Gasteiger partial charge in [0.2, 0.25) is 0 Å². The van der Waals surface area contributed by atoms with E-state index in [2.05, 4.69) is 13.8 Å². The van der Waals surface area contributed by atoms with Gasteiger partial charge in [0, 0.05) is 5.69 Å². The van der Waals surface area contributed by atoms with Crippen LogP contribution in [0.3, 0.4) is 0 Å². The number of nitrogen functional groups attached to an aromatic ring is 1. The van der Waals surface area contributed by atoms with Crippen LogP contribution in [0.15, 0.2) is 24.3 Å². The van der Waals surface area contributed by atoms with Crippen molar-refractivity contribution in [1.29, 1.82) is 0 Å². The summed E-state index contributed by atoms with van der Waals surface area (Å²) in [6.45, 7) is 5.18. The summed E-state index contributed by atoms with van der Waals surface area (Å²) in [6.07, 6.45) is 4.23. The third-order valence-electron chi connectivity index (χ3n) is 4.13. The van der Waals surface area contributed by atoms with E-state index < -0.39 is 6.10 Å². The molecule has 21 heavy (non-hydrogen) atoms. The van der Waals surface area contributed by atoms with Gasteiger partial charge in [-0.1, -0.05) is 13.8 Å². The molecule has 0 heterocycles. The van der Waals surface area contributed by atoms with Crippen LogP contribution in [-0.4, -0.2) is 30.5 Å². The minimum atomic E-state index is -0.600. The molecular formula is C17H27NO3. The van der Waals surface area contributed by atoms with E-state index in [0.717, 1.165) is 12.8 Å². The molecule has 1 aromatic rings. The second-order valence-corrected chi connectivity index (χ2v) is 6.73. The molecule has 1 atom stereocenters. The van der Waals surface area contributed by atoms with Crippen LogP contribution >= 0.6 is 0 Å². The molecule has 0 radical (unpaired) electrons. The predicted octanol–water partition coefficient (Wildman–Crippen LogP) is 2.99. The zero-order valence-corrected chi connectivity index (χ0v) is 13.0. The van der Waals surface area contributed by atoms with Crippen molar-refractivity contribution in [1.82, 2.24) is 0 Å². The monoisotopic (exact) mass is 293 g/mol. The minimum Gasteiger partial charge on any atom is -0.491 e.